The number of aromatic nitrogens is 3. The van der Waals surface area contributed by atoms with E-state index in [2.05, 4.69) is 20.5 Å². The Hall–Kier alpha value is -2.77. The zero-order valence-electron chi connectivity index (χ0n) is 12.5. The monoisotopic (exact) mass is 345 g/mol. The molecule has 3 amide bonds. The molecule has 1 aromatic heterocycles. The van der Waals surface area contributed by atoms with Gasteiger partial charge in [0, 0.05) is 0 Å². The zero-order chi connectivity index (χ0) is 18.3. The van der Waals surface area contributed by atoms with Crippen LogP contribution in [0.4, 0.5) is 4.79 Å². The van der Waals surface area contributed by atoms with Gasteiger partial charge in [0.1, 0.15) is 5.82 Å². The molecule has 1 aromatic rings. The summed E-state index contributed by atoms with van der Waals surface area (Å²) in [6.45, 7) is -1.22. The molecule has 0 bridgehead atoms. The highest BCUT2D eigenvalue weighted by Crippen LogP contribution is 2.14. The van der Waals surface area contributed by atoms with Crippen molar-refractivity contribution in [2.45, 2.75) is 24.5 Å². The molecule has 24 heavy (non-hydrogen) atoms. The van der Waals surface area contributed by atoms with Crippen molar-refractivity contribution in [3.05, 3.63) is 11.6 Å². The van der Waals surface area contributed by atoms with Gasteiger partial charge < -0.3 is 42.4 Å². The molecule has 13 heteroatoms. The lowest BCUT2D eigenvalue weighted by molar-refractivity contribution is -0.140. The molecule has 0 aliphatic carbocycles. The van der Waals surface area contributed by atoms with Crippen molar-refractivity contribution < 1.29 is 29.7 Å². The maximum absolute atomic E-state index is 11.8. The highest BCUT2D eigenvalue weighted by molar-refractivity contribution is 5.83. The zero-order valence-corrected chi connectivity index (χ0v) is 12.5. The largest absolute Gasteiger partial charge is 0.480 e. The van der Waals surface area contributed by atoms with Crippen LogP contribution in [-0.2, 0) is 9.59 Å². The third kappa shape index (κ3) is 5.45. The summed E-state index contributed by atoms with van der Waals surface area (Å²) < 4.78 is 0. The maximum Gasteiger partial charge on any atom is 0.328 e. The van der Waals surface area contributed by atoms with Crippen molar-refractivity contribution in [1.29, 1.82) is 0 Å². The Morgan fingerprint density at radius 3 is 2.25 bits per heavy atom. The maximum atomic E-state index is 11.8. The SMILES string of the molecule is NC(=O)C[C@H](NC(=O)N[C@@H](CO)C(=O)O)c1nnc([C@@H](N)CO)[nH]1. The first-order valence-corrected chi connectivity index (χ1v) is 6.76. The van der Waals surface area contributed by atoms with Gasteiger partial charge in [-0.3, -0.25) is 4.79 Å². The number of aliphatic carboxylic acids is 1. The van der Waals surface area contributed by atoms with Gasteiger partial charge in [0.05, 0.1) is 31.7 Å². The number of hydrogen-bond acceptors (Lipinski definition) is 8. The third-order valence-corrected chi connectivity index (χ3v) is 2.90. The summed E-state index contributed by atoms with van der Waals surface area (Å²) in [5.41, 5.74) is 10.7. The highest BCUT2D eigenvalue weighted by atomic mass is 16.4. The van der Waals surface area contributed by atoms with Crippen LogP contribution in [0.25, 0.3) is 0 Å². The standard InChI is InChI=1S/C11H19N7O6/c12-4(2-19)8-16-9(18-17-8)5(1-7(13)21)14-11(24)15-6(3-20)10(22)23/h4-6,19-20H,1-3,12H2,(H2,13,21)(H,22,23)(H2,14,15,24)(H,16,17,18)/t4-,5-,6-/m0/s1. The number of amides is 3. The van der Waals surface area contributed by atoms with E-state index < -0.39 is 49.2 Å². The molecule has 0 saturated carbocycles. The fourth-order valence-corrected chi connectivity index (χ4v) is 1.66. The number of hydrogen-bond donors (Lipinski definition) is 8. The number of aliphatic hydroxyl groups is 2. The molecule has 0 aromatic carbocycles. The van der Waals surface area contributed by atoms with Gasteiger partial charge in [0.15, 0.2) is 11.9 Å². The van der Waals surface area contributed by atoms with Crippen LogP contribution < -0.4 is 22.1 Å². The summed E-state index contributed by atoms with van der Waals surface area (Å²) >= 11 is 0. The lowest BCUT2D eigenvalue weighted by atomic mass is 10.2. The Kier molecular flexibility index (Phi) is 7.03. The number of primary amides is 1. The number of aliphatic hydroxyl groups excluding tert-OH is 2. The van der Waals surface area contributed by atoms with Gasteiger partial charge in [0.25, 0.3) is 0 Å². The quantitative estimate of drug-likeness (QED) is 0.221. The summed E-state index contributed by atoms with van der Waals surface area (Å²) in [5, 5.41) is 38.3. The summed E-state index contributed by atoms with van der Waals surface area (Å²) in [6.07, 6.45) is -0.354. The number of urea groups is 1. The van der Waals surface area contributed by atoms with Crippen LogP contribution in [0.5, 0.6) is 0 Å². The van der Waals surface area contributed by atoms with Crippen molar-refractivity contribution in [2.75, 3.05) is 13.2 Å². The van der Waals surface area contributed by atoms with Crippen LogP contribution in [0.2, 0.25) is 0 Å². The summed E-state index contributed by atoms with van der Waals surface area (Å²) in [7, 11) is 0. The molecule has 0 radical (unpaired) electrons. The first-order valence-electron chi connectivity index (χ1n) is 6.76. The predicted molar refractivity (Wildman–Crippen MR) is 77.1 cm³/mol. The van der Waals surface area contributed by atoms with E-state index >= 15 is 0 Å². The van der Waals surface area contributed by atoms with E-state index in [1.807, 2.05) is 5.32 Å². The summed E-state index contributed by atoms with van der Waals surface area (Å²) in [6, 6.07) is -4.36. The Balaban J connectivity index is 2.85. The Labute approximate surface area is 135 Å². The molecule has 1 heterocycles. The number of carboxylic acids is 1. The lowest BCUT2D eigenvalue weighted by Crippen LogP contribution is -2.49. The van der Waals surface area contributed by atoms with E-state index in [1.54, 1.807) is 0 Å². The van der Waals surface area contributed by atoms with Gasteiger partial charge in [-0.1, -0.05) is 0 Å². The normalized spacial score (nSPS) is 14.5. The van der Waals surface area contributed by atoms with E-state index in [9.17, 15) is 14.4 Å². The van der Waals surface area contributed by atoms with Crippen molar-refractivity contribution in [3.8, 4) is 0 Å². The topological polar surface area (TPSA) is 230 Å². The third-order valence-electron chi connectivity index (χ3n) is 2.90. The van der Waals surface area contributed by atoms with Crippen molar-refractivity contribution in [2.24, 2.45) is 11.5 Å². The van der Waals surface area contributed by atoms with E-state index in [0.717, 1.165) is 0 Å². The van der Waals surface area contributed by atoms with Crippen LogP contribution >= 0.6 is 0 Å². The number of carboxylic acid groups (broad SMARTS) is 1. The molecule has 3 atom stereocenters. The summed E-state index contributed by atoms with van der Waals surface area (Å²) in [4.78, 5) is 36.4. The Bertz CT molecular complexity index is 591. The molecule has 134 valence electrons. The number of H-pyrrole nitrogens is 1. The Morgan fingerprint density at radius 1 is 1.12 bits per heavy atom. The number of nitrogens with zero attached hydrogens (tertiary/aromatic N) is 2. The average Bonchev–Trinajstić information content (AvgIpc) is 3.00. The average molecular weight is 345 g/mol. The van der Waals surface area contributed by atoms with Gasteiger partial charge in [-0.15, -0.1) is 10.2 Å². The van der Waals surface area contributed by atoms with E-state index in [0.29, 0.717) is 0 Å². The smallest absolute Gasteiger partial charge is 0.328 e. The minimum absolute atomic E-state index is 0.0405. The Morgan fingerprint density at radius 2 is 1.75 bits per heavy atom. The number of aromatic amines is 1. The van der Waals surface area contributed by atoms with Gasteiger partial charge in [-0.25, -0.2) is 9.59 Å². The molecule has 0 fully saturated rings. The number of carbonyl (C=O) groups excluding carboxylic acids is 2. The van der Waals surface area contributed by atoms with Crippen molar-refractivity contribution in [3.63, 3.8) is 0 Å². The molecule has 13 nitrogen and oxygen atoms in total. The fraction of sp³-hybridized carbons (Fsp3) is 0.545. The van der Waals surface area contributed by atoms with Crippen molar-refractivity contribution >= 4 is 17.9 Å². The first kappa shape index (κ1) is 19.3. The van der Waals surface area contributed by atoms with Crippen LogP contribution in [0.1, 0.15) is 30.2 Å². The number of rotatable bonds is 9. The van der Waals surface area contributed by atoms with Gasteiger partial charge in [-0.05, 0) is 0 Å². The van der Waals surface area contributed by atoms with Gasteiger partial charge in [-0.2, -0.15) is 0 Å². The molecular weight excluding hydrogens is 326 g/mol. The second-order valence-corrected chi connectivity index (χ2v) is 4.80. The number of carbonyl (C=O) groups is 3. The molecule has 10 N–H and O–H groups in total. The minimum Gasteiger partial charge on any atom is -0.480 e. The van der Waals surface area contributed by atoms with Gasteiger partial charge in [0.2, 0.25) is 5.91 Å². The molecule has 1 rings (SSSR count). The second-order valence-electron chi connectivity index (χ2n) is 4.80. The van der Waals surface area contributed by atoms with E-state index in [1.165, 1.54) is 0 Å². The number of nitrogens with two attached hydrogens (primary N) is 2. The summed E-state index contributed by atoms with van der Waals surface area (Å²) in [5.74, 6) is -2.03. The lowest BCUT2D eigenvalue weighted by Gasteiger charge is -2.17. The van der Waals surface area contributed by atoms with Gasteiger partial charge >= 0.3 is 12.0 Å². The predicted octanol–water partition coefficient (Wildman–Crippen LogP) is -3.54. The molecule has 0 aliphatic heterocycles. The fourth-order valence-electron chi connectivity index (χ4n) is 1.66. The first-order chi connectivity index (χ1) is 11.3. The van der Waals surface area contributed by atoms with Crippen LogP contribution in [0, 0.1) is 0 Å². The second kappa shape index (κ2) is 8.76. The molecule has 0 aliphatic rings. The van der Waals surface area contributed by atoms with Crippen LogP contribution in [0.3, 0.4) is 0 Å². The van der Waals surface area contributed by atoms with Crippen LogP contribution in [0.15, 0.2) is 0 Å². The van der Waals surface area contributed by atoms with E-state index in [4.69, 9.17) is 26.8 Å². The molecule has 0 unspecified atom stereocenters. The van der Waals surface area contributed by atoms with Crippen molar-refractivity contribution in [1.82, 2.24) is 25.8 Å². The minimum atomic E-state index is -1.52. The molecule has 0 saturated heterocycles. The van der Waals surface area contributed by atoms with Crippen LogP contribution in [-0.4, -0.2) is 67.7 Å². The highest BCUT2D eigenvalue weighted by Gasteiger charge is 2.25. The molecular formula is C11H19N7O6. The van der Waals surface area contributed by atoms with E-state index in [-0.39, 0.29) is 18.1 Å². The molecule has 0 spiro atoms. The number of nitrogens with one attached hydrogen (secondary N) is 3.